The minimum absolute atomic E-state index is 0.108. The van der Waals surface area contributed by atoms with Gasteiger partial charge in [-0.1, -0.05) is 13.8 Å². The molecule has 0 saturated heterocycles. The highest BCUT2D eigenvalue weighted by atomic mass is 17.3. The van der Waals surface area contributed by atoms with Gasteiger partial charge < -0.3 is 9.47 Å². The van der Waals surface area contributed by atoms with E-state index in [4.69, 9.17) is 19.2 Å². The smallest absolute Gasteiger partial charge is 0.313 e. The maximum absolute atomic E-state index is 12.0. The highest BCUT2D eigenvalue weighted by molar-refractivity contribution is 6.15. The lowest BCUT2D eigenvalue weighted by molar-refractivity contribution is -0.532. The number of amides is 2. The third kappa shape index (κ3) is 5.60. The molecule has 0 saturated carbocycles. The highest BCUT2D eigenvalue weighted by Gasteiger charge is 2.40. The van der Waals surface area contributed by atoms with Crippen molar-refractivity contribution in [3.63, 3.8) is 0 Å². The average molecular weight is 357 g/mol. The Morgan fingerprint density at radius 1 is 1.08 bits per heavy atom. The molecule has 1 rings (SSSR count). The first-order valence-electron chi connectivity index (χ1n) is 8.77. The zero-order valence-corrected chi connectivity index (χ0v) is 16.4. The second-order valence-electron chi connectivity index (χ2n) is 6.85. The summed E-state index contributed by atoms with van der Waals surface area (Å²) in [5.74, 6) is -1.93. The molecule has 0 unspecified atom stereocenters. The molecular weight excluding hydrogens is 326 g/mol. The topological polar surface area (TPSA) is 74.3 Å². The van der Waals surface area contributed by atoms with E-state index in [2.05, 4.69) is 0 Å². The van der Waals surface area contributed by atoms with Crippen LogP contribution in [0.2, 0.25) is 0 Å². The first kappa shape index (κ1) is 21.8. The Morgan fingerprint density at radius 2 is 1.64 bits per heavy atom. The van der Waals surface area contributed by atoms with Crippen molar-refractivity contribution in [3.8, 4) is 0 Å². The fraction of sp³-hybridized carbons (Fsp3) is 0.778. The van der Waals surface area contributed by atoms with E-state index in [9.17, 15) is 9.59 Å². The van der Waals surface area contributed by atoms with Gasteiger partial charge in [0, 0.05) is 31.4 Å². The number of nitrogens with zero attached hydrogens (tertiary/aromatic N) is 1. The summed E-state index contributed by atoms with van der Waals surface area (Å²) in [4.78, 5) is 36.3. The largest absolute Gasteiger partial charge is 0.326 e. The van der Waals surface area contributed by atoms with Crippen molar-refractivity contribution < 1.29 is 28.8 Å². The van der Waals surface area contributed by atoms with Crippen LogP contribution in [0.4, 0.5) is 0 Å². The van der Waals surface area contributed by atoms with Crippen molar-refractivity contribution >= 4 is 11.8 Å². The number of ether oxygens (including phenoxy) is 2. The van der Waals surface area contributed by atoms with E-state index in [0.717, 1.165) is 4.90 Å². The van der Waals surface area contributed by atoms with Crippen LogP contribution in [0.3, 0.4) is 0 Å². The van der Waals surface area contributed by atoms with Crippen LogP contribution >= 0.6 is 0 Å². The summed E-state index contributed by atoms with van der Waals surface area (Å²) < 4.78 is 11.3. The Hall–Kier alpha value is -1.28. The van der Waals surface area contributed by atoms with Gasteiger partial charge in [-0.25, -0.2) is 4.89 Å². The lowest BCUT2D eigenvalue weighted by Crippen LogP contribution is -2.46. The maximum atomic E-state index is 12.0. The number of carbonyl (C=O) groups is 2. The standard InChI is InChI=1S/C18H31NO6/c1-8-22-18(23-9-2,25-24-17(6,7)13(3)4)10-11-19-15(20)12-14(5)16(19)21/h12-13H,8-11H2,1-7H3. The van der Waals surface area contributed by atoms with Gasteiger partial charge in [-0.2, -0.15) is 4.89 Å². The maximum Gasteiger partial charge on any atom is 0.313 e. The summed E-state index contributed by atoms with van der Waals surface area (Å²) in [5.41, 5.74) is -0.141. The molecule has 0 aromatic heterocycles. The average Bonchev–Trinajstić information content (AvgIpc) is 2.76. The predicted molar refractivity (Wildman–Crippen MR) is 92.2 cm³/mol. The molecule has 25 heavy (non-hydrogen) atoms. The summed E-state index contributed by atoms with van der Waals surface area (Å²) in [6, 6.07) is 0. The molecular formula is C18H31NO6. The summed E-state index contributed by atoms with van der Waals surface area (Å²) in [5, 5.41) is 0. The molecule has 0 atom stereocenters. The van der Waals surface area contributed by atoms with Crippen LogP contribution in [-0.4, -0.2) is 48.0 Å². The van der Waals surface area contributed by atoms with Crippen LogP contribution in [0.25, 0.3) is 0 Å². The number of imide groups is 1. The molecule has 0 aromatic rings. The van der Waals surface area contributed by atoms with Gasteiger partial charge in [-0.15, -0.1) is 0 Å². The van der Waals surface area contributed by atoms with Crippen LogP contribution in [-0.2, 0) is 28.8 Å². The van der Waals surface area contributed by atoms with E-state index in [-0.39, 0.29) is 30.7 Å². The monoisotopic (exact) mass is 357 g/mol. The van der Waals surface area contributed by atoms with Gasteiger partial charge in [0.1, 0.15) is 5.60 Å². The van der Waals surface area contributed by atoms with E-state index in [1.165, 1.54) is 6.08 Å². The number of hydrogen-bond acceptors (Lipinski definition) is 6. The zero-order valence-electron chi connectivity index (χ0n) is 16.4. The van der Waals surface area contributed by atoms with Gasteiger partial charge in [0.25, 0.3) is 11.8 Å². The van der Waals surface area contributed by atoms with Crippen LogP contribution < -0.4 is 0 Å². The Kier molecular flexibility index (Phi) is 7.74. The van der Waals surface area contributed by atoms with Gasteiger partial charge in [0.05, 0.1) is 6.42 Å². The van der Waals surface area contributed by atoms with Crippen molar-refractivity contribution in [1.29, 1.82) is 0 Å². The lowest BCUT2D eigenvalue weighted by Gasteiger charge is -2.36. The first-order chi connectivity index (χ1) is 11.6. The first-order valence-corrected chi connectivity index (χ1v) is 8.77. The van der Waals surface area contributed by atoms with Crippen molar-refractivity contribution in [2.24, 2.45) is 5.92 Å². The van der Waals surface area contributed by atoms with E-state index >= 15 is 0 Å². The number of carbonyl (C=O) groups excluding carboxylic acids is 2. The van der Waals surface area contributed by atoms with E-state index in [1.54, 1.807) is 6.92 Å². The van der Waals surface area contributed by atoms with Gasteiger partial charge in [0.15, 0.2) is 0 Å². The summed E-state index contributed by atoms with van der Waals surface area (Å²) in [6.07, 6.45) is 1.46. The summed E-state index contributed by atoms with van der Waals surface area (Å²) >= 11 is 0. The minimum Gasteiger partial charge on any atom is -0.326 e. The third-order valence-corrected chi connectivity index (χ3v) is 4.33. The fourth-order valence-corrected chi connectivity index (χ4v) is 2.08. The zero-order chi connectivity index (χ0) is 19.3. The molecule has 0 fully saturated rings. The van der Waals surface area contributed by atoms with Gasteiger partial charge in [-0.3, -0.25) is 14.5 Å². The van der Waals surface area contributed by atoms with E-state index < -0.39 is 11.6 Å². The van der Waals surface area contributed by atoms with E-state index in [1.807, 2.05) is 41.5 Å². The number of rotatable bonds is 11. The van der Waals surface area contributed by atoms with Crippen molar-refractivity contribution in [1.82, 2.24) is 4.90 Å². The molecule has 7 heteroatoms. The molecule has 0 aliphatic carbocycles. The van der Waals surface area contributed by atoms with Gasteiger partial charge in [-0.05, 0) is 40.5 Å². The Balaban J connectivity index is 2.84. The van der Waals surface area contributed by atoms with Crippen molar-refractivity contribution in [2.45, 2.75) is 66.5 Å². The highest BCUT2D eigenvalue weighted by Crippen LogP contribution is 2.28. The lowest BCUT2D eigenvalue weighted by atomic mass is 9.95. The molecule has 1 aliphatic heterocycles. The van der Waals surface area contributed by atoms with Crippen LogP contribution in [0.1, 0.15) is 54.9 Å². The molecule has 1 aliphatic rings. The Morgan fingerprint density at radius 3 is 2.04 bits per heavy atom. The van der Waals surface area contributed by atoms with Crippen LogP contribution in [0.5, 0.6) is 0 Å². The molecule has 0 radical (unpaired) electrons. The molecule has 2 amide bonds. The van der Waals surface area contributed by atoms with Crippen LogP contribution in [0.15, 0.2) is 11.6 Å². The molecule has 0 N–H and O–H groups in total. The fourth-order valence-electron chi connectivity index (χ4n) is 2.08. The van der Waals surface area contributed by atoms with Crippen molar-refractivity contribution in [2.75, 3.05) is 19.8 Å². The molecule has 144 valence electrons. The van der Waals surface area contributed by atoms with Gasteiger partial charge >= 0.3 is 5.97 Å². The SMILES string of the molecule is CCOC(CCN1C(=O)C=C(C)C1=O)(OCC)OOC(C)(C)C(C)C. The van der Waals surface area contributed by atoms with Crippen molar-refractivity contribution in [3.05, 3.63) is 11.6 Å². The summed E-state index contributed by atoms with van der Waals surface area (Å²) in [6.45, 7) is 13.8. The van der Waals surface area contributed by atoms with Gasteiger partial charge in [0.2, 0.25) is 0 Å². The molecule has 7 nitrogen and oxygen atoms in total. The minimum atomic E-state index is -1.48. The van der Waals surface area contributed by atoms with Crippen LogP contribution in [0, 0.1) is 5.92 Å². The number of hydrogen-bond donors (Lipinski definition) is 0. The Labute approximate surface area is 150 Å². The Bertz CT molecular complexity index is 506. The molecule has 0 bridgehead atoms. The predicted octanol–water partition coefficient (Wildman–Crippen LogP) is 2.80. The van der Waals surface area contributed by atoms with E-state index in [0.29, 0.717) is 18.8 Å². The third-order valence-electron chi connectivity index (χ3n) is 4.33. The second kappa shape index (κ2) is 8.89. The second-order valence-corrected chi connectivity index (χ2v) is 6.85. The quantitative estimate of drug-likeness (QED) is 0.245. The normalized spacial score (nSPS) is 16.2. The molecule has 0 spiro atoms. The molecule has 1 heterocycles. The molecule has 0 aromatic carbocycles. The summed E-state index contributed by atoms with van der Waals surface area (Å²) in [7, 11) is 0.